The van der Waals surface area contributed by atoms with E-state index in [2.05, 4.69) is 0 Å². The molecular formula is C30H45N3O15. The quantitative estimate of drug-likeness (QED) is 0.122. The Morgan fingerprint density at radius 1 is 0.417 bits per heavy atom. The minimum absolute atomic E-state index is 0.0208. The molecule has 0 aliphatic heterocycles. The third kappa shape index (κ3) is 13.5. The van der Waals surface area contributed by atoms with Gasteiger partial charge < -0.3 is 28.4 Å². The predicted octanol–water partition coefficient (Wildman–Crippen LogP) is -0.00330. The van der Waals surface area contributed by atoms with Gasteiger partial charge in [-0.15, -0.1) is 0 Å². The fourth-order valence-corrected chi connectivity index (χ4v) is 3.81. The van der Waals surface area contributed by atoms with Crippen LogP contribution in [-0.4, -0.2) is 87.6 Å². The zero-order chi connectivity index (χ0) is 36.4. The van der Waals surface area contributed by atoms with Crippen LogP contribution in [-0.2, 0) is 76.8 Å². The van der Waals surface area contributed by atoms with Crippen LogP contribution in [0.2, 0.25) is 0 Å². The van der Waals surface area contributed by atoms with Crippen LogP contribution in [0.3, 0.4) is 0 Å². The van der Waals surface area contributed by atoms with E-state index in [1.807, 2.05) is 0 Å². The van der Waals surface area contributed by atoms with Crippen molar-refractivity contribution in [2.45, 2.75) is 118 Å². The average molecular weight is 688 g/mol. The van der Waals surface area contributed by atoms with E-state index in [1.165, 1.54) is 41.5 Å². The third-order valence-corrected chi connectivity index (χ3v) is 6.46. The highest BCUT2D eigenvalue weighted by molar-refractivity contribution is 5.71. The smallest absolute Gasteiger partial charge is 0.336 e. The van der Waals surface area contributed by atoms with Crippen LogP contribution in [0, 0.1) is 0 Å². The number of carbonyl (C=O) groups excluding carboxylic acids is 6. The molecule has 270 valence electrons. The number of rotatable bonds is 21. The molecule has 0 fully saturated rings. The molecule has 18 nitrogen and oxygen atoms in total. The second-order valence-electron chi connectivity index (χ2n) is 10.2. The van der Waals surface area contributed by atoms with Crippen molar-refractivity contribution >= 4 is 35.8 Å². The molecule has 1 heterocycles. The van der Waals surface area contributed by atoms with Crippen LogP contribution in [0.25, 0.3) is 0 Å². The van der Waals surface area contributed by atoms with Crippen LogP contribution in [0.4, 0.5) is 0 Å². The third-order valence-electron chi connectivity index (χ3n) is 6.46. The van der Waals surface area contributed by atoms with Crippen LogP contribution in [0.1, 0.15) is 80.1 Å². The normalized spacial score (nSPS) is 12.6. The monoisotopic (exact) mass is 687 g/mol. The molecule has 3 atom stereocenters. The lowest BCUT2D eigenvalue weighted by Gasteiger charge is -2.23. The van der Waals surface area contributed by atoms with Gasteiger partial charge in [-0.1, -0.05) is 41.5 Å². The first-order chi connectivity index (χ1) is 22.7. The molecule has 0 radical (unpaired) electrons. The maximum atomic E-state index is 13.8. The first kappa shape index (κ1) is 41.3. The van der Waals surface area contributed by atoms with Crippen molar-refractivity contribution in [2.24, 2.45) is 0 Å². The highest BCUT2D eigenvalue weighted by atomic mass is 16.6. The Bertz CT molecular complexity index is 1260. The van der Waals surface area contributed by atoms with E-state index in [4.69, 9.17) is 28.4 Å². The van der Waals surface area contributed by atoms with Gasteiger partial charge in [0.1, 0.15) is 19.8 Å². The van der Waals surface area contributed by atoms with Gasteiger partial charge in [-0.3, -0.25) is 28.8 Å². The molecule has 0 aliphatic carbocycles. The molecule has 0 aliphatic rings. The number of hydrogen-bond acceptors (Lipinski definition) is 15. The van der Waals surface area contributed by atoms with Crippen molar-refractivity contribution in [3.05, 3.63) is 31.5 Å². The summed E-state index contributed by atoms with van der Waals surface area (Å²) in [5.41, 5.74) is -3.71. The molecule has 0 saturated heterocycles. The first-order valence-corrected chi connectivity index (χ1v) is 15.7. The number of hydrogen-bond donors (Lipinski definition) is 0. The Morgan fingerprint density at radius 3 is 0.812 bits per heavy atom. The molecule has 3 unspecified atom stereocenters. The summed E-state index contributed by atoms with van der Waals surface area (Å²) in [5, 5.41) is 0. The standard InChI is InChI=1S/C30H45N3O15/c1-7-22(34)43-16-19(46-25(37)10-4)13-31-28(40)32(14-20(47-26(38)11-5)17-44-23(35)8-2)30(42)33(29(31)41)15-21(48-27(39)12-6)18-45-24(36)9-3/h19-21H,7-18H2,1-6H3. The fraction of sp³-hybridized carbons (Fsp3) is 0.700. The van der Waals surface area contributed by atoms with Gasteiger partial charge in [0.2, 0.25) is 0 Å². The molecule has 0 bridgehead atoms. The second-order valence-corrected chi connectivity index (χ2v) is 10.2. The highest BCUT2D eigenvalue weighted by Gasteiger charge is 2.27. The molecule has 0 aromatic carbocycles. The Morgan fingerprint density at radius 2 is 0.625 bits per heavy atom. The first-order valence-electron chi connectivity index (χ1n) is 15.7. The molecule has 0 amide bonds. The van der Waals surface area contributed by atoms with Crippen molar-refractivity contribution in [3.63, 3.8) is 0 Å². The molecule has 0 spiro atoms. The molecule has 1 aromatic rings. The van der Waals surface area contributed by atoms with Gasteiger partial charge >= 0.3 is 52.9 Å². The van der Waals surface area contributed by atoms with Crippen LogP contribution < -0.4 is 17.1 Å². The van der Waals surface area contributed by atoms with Gasteiger partial charge in [0.05, 0.1) is 19.6 Å². The topological polar surface area (TPSA) is 224 Å². The number of nitrogens with zero attached hydrogens (tertiary/aromatic N) is 3. The van der Waals surface area contributed by atoms with Crippen molar-refractivity contribution in [3.8, 4) is 0 Å². The van der Waals surface area contributed by atoms with E-state index in [1.54, 1.807) is 0 Å². The van der Waals surface area contributed by atoms with Crippen molar-refractivity contribution in [1.82, 2.24) is 13.7 Å². The molecule has 1 aromatic heterocycles. The minimum atomic E-state index is -1.36. The van der Waals surface area contributed by atoms with Crippen LogP contribution >= 0.6 is 0 Å². The van der Waals surface area contributed by atoms with Crippen molar-refractivity contribution in [1.29, 1.82) is 0 Å². The fourth-order valence-electron chi connectivity index (χ4n) is 3.81. The van der Waals surface area contributed by atoms with Crippen molar-refractivity contribution < 1.29 is 57.2 Å². The van der Waals surface area contributed by atoms with E-state index in [9.17, 15) is 43.2 Å². The van der Waals surface area contributed by atoms with E-state index >= 15 is 0 Å². The lowest BCUT2D eigenvalue weighted by atomic mass is 10.3. The molecule has 18 heteroatoms. The van der Waals surface area contributed by atoms with Gasteiger partial charge in [0, 0.05) is 38.5 Å². The number of carbonyl (C=O) groups is 6. The van der Waals surface area contributed by atoms with Crippen LogP contribution in [0.15, 0.2) is 14.4 Å². The molecule has 0 saturated carbocycles. The summed E-state index contributed by atoms with van der Waals surface area (Å²) in [6, 6.07) is 0. The van der Waals surface area contributed by atoms with Gasteiger partial charge in [0.25, 0.3) is 0 Å². The Hall–Kier alpha value is -4.77. The second kappa shape index (κ2) is 21.2. The highest BCUT2D eigenvalue weighted by Crippen LogP contribution is 2.05. The maximum Gasteiger partial charge on any atom is 0.336 e. The summed E-state index contributed by atoms with van der Waals surface area (Å²) in [6.45, 7) is 5.30. The Balaban J connectivity index is 3.88. The Kier molecular flexibility index (Phi) is 18.2. The number of ether oxygens (including phenoxy) is 6. The number of aromatic nitrogens is 3. The van der Waals surface area contributed by atoms with Gasteiger partial charge in [0.15, 0.2) is 18.3 Å². The summed E-state index contributed by atoms with van der Waals surface area (Å²) in [7, 11) is 0. The van der Waals surface area contributed by atoms with Gasteiger partial charge in [-0.2, -0.15) is 0 Å². The van der Waals surface area contributed by atoms with Crippen molar-refractivity contribution in [2.75, 3.05) is 19.8 Å². The van der Waals surface area contributed by atoms with Crippen LogP contribution in [0.5, 0.6) is 0 Å². The lowest BCUT2D eigenvalue weighted by Crippen LogP contribution is -2.58. The largest absolute Gasteiger partial charge is 0.462 e. The zero-order valence-corrected chi connectivity index (χ0v) is 28.2. The predicted molar refractivity (Wildman–Crippen MR) is 163 cm³/mol. The number of esters is 6. The van der Waals surface area contributed by atoms with Gasteiger partial charge in [-0.05, 0) is 0 Å². The molecule has 48 heavy (non-hydrogen) atoms. The van der Waals surface area contributed by atoms with E-state index in [-0.39, 0.29) is 38.5 Å². The van der Waals surface area contributed by atoms with E-state index in [0.29, 0.717) is 13.7 Å². The summed E-state index contributed by atoms with van der Waals surface area (Å²) < 4.78 is 32.8. The minimum Gasteiger partial charge on any atom is -0.462 e. The van der Waals surface area contributed by atoms with Gasteiger partial charge in [-0.25, -0.2) is 28.1 Å². The molecule has 1 rings (SSSR count). The lowest BCUT2D eigenvalue weighted by molar-refractivity contribution is -0.160. The SMILES string of the molecule is CCC(=O)OCC(Cn1c(=O)n(CC(COC(=O)CC)OC(=O)CC)c(=O)n(CC(COC(=O)CC)OC(=O)CC)c1=O)OC(=O)CC. The van der Waals surface area contributed by atoms with E-state index in [0.717, 1.165) is 0 Å². The summed E-state index contributed by atoms with van der Waals surface area (Å²) in [5.74, 6) is -4.22. The molecular weight excluding hydrogens is 642 g/mol. The zero-order valence-electron chi connectivity index (χ0n) is 28.2. The summed E-state index contributed by atoms with van der Waals surface area (Å²) >= 11 is 0. The van der Waals surface area contributed by atoms with E-state index < -0.39 is 111 Å². The summed E-state index contributed by atoms with van der Waals surface area (Å²) in [4.78, 5) is 113. The maximum absolute atomic E-state index is 13.8. The average Bonchev–Trinajstić information content (AvgIpc) is 3.08. The molecule has 0 N–H and O–H groups in total. The Labute approximate surface area is 276 Å². The summed E-state index contributed by atoms with van der Waals surface area (Å²) in [6.07, 6.45) is -4.45.